The molecule has 0 saturated heterocycles. The normalized spacial score (nSPS) is 14.9. The molecule has 1 heteroatoms. The summed E-state index contributed by atoms with van der Waals surface area (Å²) in [4.78, 5) is 4.28. The second-order valence-corrected chi connectivity index (χ2v) is 5.26. The molecule has 1 heterocycles. The quantitative estimate of drug-likeness (QED) is 0.707. The van der Waals surface area contributed by atoms with Crippen LogP contribution in [-0.4, -0.2) is 4.98 Å². The van der Waals surface area contributed by atoms with Crippen molar-refractivity contribution in [3.63, 3.8) is 0 Å². The van der Waals surface area contributed by atoms with Gasteiger partial charge < -0.3 is 0 Å². The standard InChI is InChI=1S/C16H19N/c1-12-8-9-15(17-11-12)13-6-5-7-14(10-13)16(2,3)4/h5-11H,1-4H3/i1D3. The average Bonchev–Trinajstić information content (AvgIpc) is 2.37. The van der Waals surface area contributed by atoms with E-state index in [2.05, 4.69) is 37.9 Å². The number of hydrogen-bond donors (Lipinski definition) is 0. The lowest BCUT2D eigenvalue weighted by atomic mass is 9.86. The molecule has 2 rings (SSSR count). The Bertz CT molecular complexity index is 592. The van der Waals surface area contributed by atoms with Crippen molar-refractivity contribution in [2.45, 2.75) is 33.0 Å². The summed E-state index contributed by atoms with van der Waals surface area (Å²) in [6.07, 6.45) is 1.44. The van der Waals surface area contributed by atoms with Crippen LogP contribution in [0.1, 0.15) is 36.0 Å². The highest BCUT2D eigenvalue weighted by atomic mass is 14.7. The second-order valence-electron chi connectivity index (χ2n) is 5.26. The Kier molecular flexibility index (Phi) is 2.15. The molecule has 0 aliphatic rings. The topological polar surface area (TPSA) is 12.9 Å². The summed E-state index contributed by atoms with van der Waals surface area (Å²) in [5.41, 5.74) is 3.39. The largest absolute Gasteiger partial charge is 0.256 e. The van der Waals surface area contributed by atoms with Crippen LogP contribution in [0.5, 0.6) is 0 Å². The van der Waals surface area contributed by atoms with Gasteiger partial charge in [0.25, 0.3) is 0 Å². The van der Waals surface area contributed by atoms with E-state index in [1.807, 2.05) is 12.1 Å². The van der Waals surface area contributed by atoms with Gasteiger partial charge in [-0.2, -0.15) is 0 Å². The van der Waals surface area contributed by atoms with Crippen molar-refractivity contribution < 1.29 is 4.11 Å². The van der Waals surface area contributed by atoms with Crippen LogP contribution in [0.15, 0.2) is 42.6 Å². The van der Waals surface area contributed by atoms with Crippen LogP contribution in [0.2, 0.25) is 0 Å². The molecule has 1 nitrogen and oxygen atoms in total. The first-order chi connectivity index (χ1) is 9.18. The number of aryl methyl sites for hydroxylation is 1. The minimum Gasteiger partial charge on any atom is -0.256 e. The number of pyridine rings is 1. The van der Waals surface area contributed by atoms with E-state index in [9.17, 15) is 0 Å². The van der Waals surface area contributed by atoms with Gasteiger partial charge >= 0.3 is 0 Å². The van der Waals surface area contributed by atoms with Gasteiger partial charge in [-0.3, -0.25) is 4.98 Å². The molecule has 0 saturated carbocycles. The van der Waals surface area contributed by atoms with Crippen molar-refractivity contribution in [2.75, 3.05) is 0 Å². The Balaban J connectivity index is 2.38. The molecule has 88 valence electrons. The number of hydrogen-bond acceptors (Lipinski definition) is 1. The molecule has 0 radical (unpaired) electrons. The Morgan fingerprint density at radius 3 is 2.53 bits per heavy atom. The number of rotatable bonds is 1. The zero-order valence-electron chi connectivity index (χ0n) is 13.5. The van der Waals surface area contributed by atoms with Crippen LogP contribution in [0.3, 0.4) is 0 Å². The molecule has 0 N–H and O–H groups in total. The number of nitrogens with zero attached hydrogens (tertiary/aromatic N) is 1. The van der Waals surface area contributed by atoms with Crippen LogP contribution < -0.4 is 0 Å². The van der Waals surface area contributed by atoms with E-state index in [0.29, 0.717) is 0 Å². The fraction of sp³-hybridized carbons (Fsp3) is 0.312. The minimum atomic E-state index is -2.10. The third kappa shape index (κ3) is 2.73. The van der Waals surface area contributed by atoms with Gasteiger partial charge in [0.2, 0.25) is 0 Å². The summed E-state index contributed by atoms with van der Waals surface area (Å²) in [7, 11) is 0. The molecule has 0 aliphatic carbocycles. The molecule has 0 aliphatic heterocycles. The highest BCUT2D eigenvalue weighted by Gasteiger charge is 2.13. The van der Waals surface area contributed by atoms with Gasteiger partial charge in [0.05, 0.1) is 5.69 Å². The van der Waals surface area contributed by atoms with Gasteiger partial charge in [-0.15, -0.1) is 0 Å². The third-order valence-corrected chi connectivity index (χ3v) is 2.79. The zero-order chi connectivity index (χ0) is 15.0. The van der Waals surface area contributed by atoms with Crippen molar-refractivity contribution in [3.05, 3.63) is 53.7 Å². The number of benzene rings is 1. The Morgan fingerprint density at radius 2 is 1.94 bits per heavy atom. The maximum absolute atomic E-state index is 7.36. The van der Waals surface area contributed by atoms with Crippen molar-refractivity contribution in [1.29, 1.82) is 0 Å². The zero-order valence-corrected chi connectivity index (χ0v) is 10.5. The fourth-order valence-corrected chi connectivity index (χ4v) is 1.71. The Labute approximate surface area is 108 Å². The molecular weight excluding hydrogens is 206 g/mol. The number of aromatic nitrogens is 1. The van der Waals surface area contributed by atoms with E-state index in [1.54, 1.807) is 12.1 Å². The van der Waals surface area contributed by atoms with E-state index in [0.717, 1.165) is 11.3 Å². The van der Waals surface area contributed by atoms with Crippen LogP contribution >= 0.6 is 0 Å². The molecule has 17 heavy (non-hydrogen) atoms. The van der Waals surface area contributed by atoms with Crippen molar-refractivity contribution >= 4 is 0 Å². The van der Waals surface area contributed by atoms with Crippen LogP contribution in [0, 0.1) is 6.85 Å². The van der Waals surface area contributed by atoms with Crippen molar-refractivity contribution in [1.82, 2.24) is 4.98 Å². The summed E-state index contributed by atoms with van der Waals surface area (Å²) in [6, 6.07) is 11.6. The molecular formula is C16H19N. The van der Waals surface area contributed by atoms with E-state index < -0.39 is 6.85 Å². The molecule has 0 bridgehead atoms. The van der Waals surface area contributed by atoms with Gasteiger partial charge in [0, 0.05) is 15.9 Å². The fourth-order valence-electron chi connectivity index (χ4n) is 1.71. The van der Waals surface area contributed by atoms with Crippen LogP contribution in [0.25, 0.3) is 11.3 Å². The monoisotopic (exact) mass is 228 g/mol. The molecule has 0 spiro atoms. The summed E-state index contributed by atoms with van der Waals surface area (Å²) in [5.74, 6) is 0. The summed E-state index contributed by atoms with van der Waals surface area (Å²) < 4.78 is 22.1. The first kappa shape index (κ1) is 8.46. The minimum absolute atomic E-state index is 0.0780. The Morgan fingerprint density at radius 1 is 1.12 bits per heavy atom. The molecule has 0 unspecified atom stereocenters. The maximum atomic E-state index is 7.36. The molecule has 0 fully saturated rings. The predicted octanol–water partition coefficient (Wildman–Crippen LogP) is 4.35. The predicted molar refractivity (Wildman–Crippen MR) is 73.1 cm³/mol. The first-order valence-electron chi connectivity index (χ1n) is 7.25. The summed E-state index contributed by atoms with van der Waals surface area (Å²) in [6.45, 7) is 4.39. The lowest BCUT2D eigenvalue weighted by molar-refractivity contribution is 0.590. The van der Waals surface area contributed by atoms with E-state index in [1.165, 1.54) is 11.8 Å². The van der Waals surface area contributed by atoms with E-state index in [4.69, 9.17) is 4.11 Å². The first-order valence-corrected chi connectivity index (χ1v) is 5.75. The smallest absolute Gasteiger partial charge is 0.0702 e. The van der Waals surface area contributed by atoms with Crippen molar-refractivity contribution in [3.8, 4) is 11.3 Å². The van der Waals surface area contributed by atoms with Gasteiger partial charge in [0.15, 0.2) is 0 Å². The molecule has 2 aromatic rings. The highest BCUT2D eigenvalue weighted by Crippen LogP contribution is 2.26. The van der Waals surface area contributed by atoms with Gasteiger partial charge in [-0.25, -0.2) is 0 Å². The average molecular weight is 228 g/mol. The lowest BCUT2D eigenvalue weighted by Gasteiger charge is -2.19. The van der Waals surface area contributed by atoms with Crippen LogP contribution in [0.4, 0.5) is 0 Å². The summed E-state index contributed by atoms with van der Waals surface area (Å²) in [5, 5.41) is 0. The van der Waals surface area contributed by atoms with Gasteiger partial charge in [-0.05, 0) is 35.5 Å². The SMILES string of the molecule is [2H]C([2H])([2H])c1ccc(-c2cccc(C(C)(C)C)c2)nc1. The highest BCUT2D eigenvalue weighted by molar-refractivity contribution is 5.60. The molecule has 1 aromatic carbocycles. The van der Waals surface area contributed by atoms with Crippen LogP contribution in [-0.2, 0) is 5.41 Å². The van der Waals surface area contributed by atoms with Gasteiger partial charge in [0.1, 0.15) is 0 Å². The maximum Gasteiger partial charge on any atom is 0.0702 e. The Hall–Kier alpha value is -1.63. The third-order valence-electron chi connectivity index (χ3n) is 2.79. The van der Waals surface area contributed by atoms with E-state index >= 15 is 0 Å². The molecule has 1 aromatic heterocycles. The van der Waals surface area contributed by atoms with E-state index in [-0.39, 0.29) is 11.0 Å². The van der Waals surface area contributed by atoms with Crippen molar-refractivity contribution in [2.24, 2.45) is 0 Å². The lowest BCUT2D eigenvalue weighted by Crippen LogP contribution is -2.10. The molecule has 0 atom stereocenters. The molecule has 0 amide bonds. The summed E-state index contributed by atoms with van der Waals surface area (Å²) >= 11 is 0. The van der Waals surface area contributed by atoms with Gasteiger partial charge in [-0.1, -0.05) is 45.0 Å². The second kappa shape index (κ2) is 4.33.